The van der Waals surface area contributed by atoms with Crippen molar-refractivity contribution in [1.82, 2.24) is 4.98 Å². The standard InChI is InChI=1S/C22H17N5O6/c1-25(2)16-6-3-13(4-7-16)22-24-18-10-15(5-8-20(18)33-22)23-12-14-9-17(26(29)30)11-19(21(14)28)27(31)32/h3-12,28H,1-2H3. The summed E-state index contributed by atoms with van der Waals surface area (Å²) >= 11 is 0. The number of anilines is 1. The number of nitro benzene ring substituents is 2. The normalized spacial score (nSPS) is 11.2. The highest BCUT2D eigenvalue weighted by molar-refractivity contribution is 5.89. The molecule has 0 aliphatic rings. The van der Waals surface area contributed by atoms with E-state index in [0.29, 0.717) is 28.7 Å². The highest BCUT2D eigenvalue weighted by Gasteiger charge is 2.23. The molecule has 0 spiro atoms. The van der Waals surface area contributed by atoms with Crippen molar-refractivity contribution in [2.24, 2.45) is 4.99 Å². The van der Waals surface area contributed by atoms with E-state index in [1.54, 1.807) is 18.2 Å². The number of hydrogen-bond donors (Lipinski definition) is 1. The Morgan fingerprint density at radius 3 is 2.39 bits per heavy atom. The summed E-state index contributed by atoms with van der Waals surface area (Å²) in [7, 11) is 3.89. The van der Waals surface area contributed by atoms with Crippen LogP contribution < -0.4 is 4.90 Å². The minimum atomic E-state index is -0.895. The Labute approximate surface area is 186 Å². The molecular formula is C22H17N5O6. The van der Waals surface area contributed by atoms with Gasteiger partial charge in [0.2, 0.25) is 11.6 Å². The van der Waals surface area contributed by atoms with Crippen LogP contribution in [-0.4, -0.2) is 40.2 Å². The van der Waals surface area contributed by atoms with Crippen molar-refractivity contribution in [3.63, 3.8) is 0 Å². The van der Waals surface area contributed by atoms with Crippen molar-refractivity contribution >= 4 is 40.1 Å². The molecule has 0 radical (unpaired) electrons. The average molecular weight is 447 g/mol. The van der Waals surface area contributed by atoms with Gasteiger partial charge in [0, 0.05) is 43.2 Å². The van der Waals surface area contributed by atoms with E-state index in [9.17, 15) is 25.3 Å². The molecule has 0 atom stereocenters. The van der Waals surface area contributed by atoms with Crippen molar-refractivity contribution < 1.29 is 19.4 Å². The molecule has 0 saturated heterocycles. The van der Waals surface area contributed by atoms with Crippen LogP contribution in [-0.2, 0) is 0 Å². The summed E-state index contributed by atoms with van der Waals surface area (Å²) < 4.78 is 5.81. The number of nitrogens with zero attached hydrogens (tertiary/aromatic N) is 5. The third kappa shape index (κ3) is 4.32. The zero-order valence-electron chi connectivity index (χ0n) is 17.5. The van der Waals surface area contributed by atoms with Gasteiger partial charge in [-0.2, -0.15) is 0 Å². The second-order valence-corrected chi connectivity index (χ2v) is 7.29. The van der Waals surface area contributed by atoms with E-state index >= 15 is 0 Å². The summed E-state index contributed by atoms with van der Waals surface area (Å²) in [5, 5.41) is 32.3. The first-order valence-electron chi connectivity index (χ1n) is 9.61. The molecule has 0 saturated carbocycles. The minimum absolute atomic E-state index is 0.155. The molecule has 1 N–H and O–H groups in total. The number of benzene rings is 3. The van der Waals surface area contributed by atoms with Crippen LogP contribution in [0.15, 0.2) is 64.0 Å². The Morgan fingerprint density at radius 1 is 1.03 bits per heavy atom. The van der Waals surface area contributed by atoms with Crippen molar-refractivity contribution in [1.29, 1.82) is 0 Å². The molecule has 0 aliphatic carbocycles. The minimum Gasteiger partial charge on any atom is -0.502 e. The summed E-state index contributed by atoms with van der Waals surface area (Å²) in [6.07, 6.45) is 1.12. The quantitative estimate of drug-likeness (QED) is 0.251. The maximum absolute atomic E-state index is 11.1. The van der Waals surface area contributed by atoms with E-state index < -0.39 is 27.0 Å². The number of non-ortho nitro benzene ring substituents is 1. The highest BCUT2D eigenvalue weighted by atomic mass is 16.6. The van der Waals surface area contributed by atoms with Gasteiger partial charge in [-0.3, -0.25) is 25.2 Å². The fourth-order valence-electron chi connectivity index (χ4n) is 3.13. The summed E-state index contributed by atoms with van der Waals surface area (Å²) in [5.74, 6) is -0.274. The monoisotopic (exact) mass is 447 g/mol. The molecule has 11 heteroatoms. The van der Waals surface area contributed by atoms with Crippen molar-refractivity contribution in [3.8, 4) is 17.2 Å². The molecule has 1 aromatic heterocycles. The molecule has 0 unspecified atom stereocenters. The Kier molecular flexibility index (Phi) is 5.44. The lowest BCUT2D eigenvalue weighted by Crippen LogP contribution is -2.07. The predicted octanol–water partition coefficient (Wildman–Crippen LogP) is 4.83. The van der Waals surface area contributed by atoms with Gasteiger partial charge in [0.15, 0.2) is 5.58 Å². The molecule has 0 bridgehead atoms. The van der Waals surface area contributed by atoms with Gasteiger partial charge in [0.1, 0.15) is 5.52 Å². The molecule has 3 aromatic carbocycles. The van der Waals surface area contributed by atoms with E-state index in [4.69, 9.17) is 4.42 Å². The third-order valence-corrected chi connectivity index (χ3v) is 4.87. The molecule has 0 aliphatic heterocycles. The van der Waals surface area contributed by atoms with Crippen LogP contribution in [0.3, 0.4) is 0 Å². The van der Waals surface area contributed by atoms with Gasteiger partial charge >= 0.3 is 5.69 Å². The molecule has 1 heterocycles. The average Bonchev–Trinajstić information content (AvgIpc) is 3.21. The van der Waals surface area contributed by atoms with E-state index in [0.717, 1.165) is 23.5 Å². The SMILES string of the molecule is CN(C)c1ccc(-c2nc3cc(N=Cc4cc([N+](=O)[O-])cc([N+](=O)[O-])c4O)ccc3o2)cc1. The molecular weight excluding hydrogens is 430 g/mol. The van der Waals surface area contributed by atoms with Gasteiger partial charge < -0.3 is 14.4 Å². The molecule has 33 heavy (non-hydrogen) atoms. The number of aromatic hydroxyl groups is 1. The first kappa shape index (κ1) is 21.4. The number of phenolic OH excluding ortho intramolecular Hbond substituents is 1. The Hall–Kier alpha value is -4.80. The second kappa shape index (κ2) is 8.38. The largest absolute Gasteiger partial charge is 0.502 e. The van der Waals surface area contributed by atoms with Gasteiger partial charge in [-0.25, -0.2) is 4.98 Å². The van der Waals surface area contributed by atoms with Gasteiger partial charge in [-0.1, -0.05) is 0 Å². The number of aliphatic imine (C=N–C) groups is 1. The smallest absolute Gasteiger partial charge is 0.318 e. The number of nitro groups is 2. The number of aromatic nitrogens is 1. The summed E-state index contributed by atoms with van der Waals surface area (Å²) in [6, 6.07) is 14.3. The van der Waals surface area contributed by atoms with E-state index in [1.807, 2.05) is 43.3 Å². The fraction of sp³-hybridized carbons (Fsp3) is 0.0909. The zero-order valence-corrected chi connectivity index (χ0v) is 17.5. The Bertz CT molecular complexity index is 1410. The van der Waals surface area contributed by atoms with Gasteiger partial charge in [0.05, 0.1) is 21.6 Å². The van der Waals surface area contributed by atoms with Crippen LogP contribution >= 0.6 is 0 Å². The molecule has 4 rings (SSSR count). The van der Waals surface area contributed by atoms with Crippen molar-refractivity contribution in [2.75, 3.05) is 19.0 Å². The summed E-state index contributed by atoms with van der Waals surface area (Å²) in [5.41, 5.74) is 1.86. The lowest BCUT2D eigenvalue weighted by Gasteiger charge is -2.11. The lowest BCUT2D eigenvalue weighted by atomic mass is 10.1. The number of fused-ring (bicyclic) bond motifs is 1. The van der Waals surface area contributed by atoms with Crippen LogP contribution in [0.2, 0.25) is 0 Å². The first-order chi connectivity index (χ1) is 15.7. The summed E-state index contributed by atoms with van der Waals surface area (Å²) in [6.45, 7) is 0. The maximum Gasteiger partial charge on any atom is 0.318 e. The van der Waals surface area contributed by atoms with E-state index in [-0.39, 0.29) is 5.56 Å². The Morgan fingerprint density at radius 2 is 1.76 bits per heavy atom. The Balaban J connectivity index is 1.66. The highest BCUT2D eigenvalue weighted by Crippen LogP contribution is 2.34. The van der Waals surface area contributed by atoms with Crippen LogP contribution in [0.4, 0.5) is 22.7 Å². The van der Waals surface area contributed by atoms with E-state index in [2.05, 4.69) is 9.98 Å². The maximum atomic E-state index is 11.1. The molecule has 11 nitrogen and oxygen atoms in total. The molecule has 0 amide bonds. The third-order valence-electron chi connectivity index (χ3n) is 4.87. The van der Waals surface area contributed by atoms with Crippen molar-refractivity contribution in [3.05, 3.63) is 80.4 Å². The lowest BCUT2D eigenvalue weighted by molar-refractivity contribution is -0.394. The molecule has 0 fully saturated rings. The van der Waals surface area contributed by atoms with E-state index in [1.165, 1.54) is 0 Å². The van der Waals surface area contributed by atoms with Gasteiger partial charge in [0.25, 0.3) is 5.69 Å². The van der Waals surface area contributed by atoms with Crippen LogP contribution in [0, 0.1) is 20.2 Å². The second-order valence-electron chi connectivity index (χ2n) is 7.29. The van der Waals surface area contributed by atoms with Crippen LogP contribution in [0.1, 0.15) is 5.56 Å². The zero-order chi connectivity index (χ0) is 23.7. The molecule has 4 aromatic rings. The number of rotatable bonds is 6. The predicted molar refractivity (Wildman–Crippen MR) is 122 cm³/mol. The number of oxazole rings is 1. The van der Waals surface area contributed by atoms with Crippen LogP contribution in [0.25, 0.3) is 22.6 Å². The molecule has 166 valence electrons. The van der Waals surface area contributed by atoms with Gasteiger partial charge in [-0.05, 0) is 42.5 Å². The first-order valence-corrected chi connectivity index (χ1v) is 9.61. The van der Waals surface area contributed by atoms with Crippen molar-refractivity contribution in [2.45, 2.75) is 0 Å². The topological polar surface area (TPSA) is 148 Å². The summed E-state index contributed by atoms with van der Waals surface area (Å²) in [4.78, 5) is 31.1. The number of hydrogen-bond acceptors (Lipinski definition) is 9. The van der Waals surface area contributed by atoms with Gasteiger partial charge in [-0.15, -0.1) is 0 Å². The number of phenols is 1. The fourth-order valence-corrected chi connectivity index (χ4v) is 3.13. The van der Waals surface area contributed by atoms with Crippen LogP contribution in [0.5, 0.6) is 5.75 Å².